The standard InChI is InChI=1S/C22H17BrClNO3/c23-15-8-6-14(7-9-15)22-17(13-4-2-1-3-5-13)11-19(26)21(22,27)20-18(28-22)10-16(24)12-25-20/h1-10,12,17,19,26-27H,11H2/t17-,19+,21?,22-/m0/s1. The SMILES string of the molecule is O[C@@H]1C[C@@H](c2ccccc2)[C@]2(c3ccc(Br)cc3)Oc3cc(Cl)cnc3C12O. The molecule has 5 rings (SSSR count). The van der Waals surface area contributed by atoms with Crippen molar-refractivity contribution in [2.45, 2.75) is 29.6 Å². The van der Waals surface area contributed by atoms with Crippen molar-refractivity contribution in [2.24, 2.45) is 0 Å². The number of hydrogen-bond acceptors (Lipinski definition) is 4. The minimum absolute atomic E-state index is 0.275. The molecule has 142 valence electrons. The summed E-state index contributed by atoms with van der Waals surface area (Å²) in [5, 5.41) is 23.4. The van der Waals surface area contributed by atoms with Gasteiger partial charge in [-0.25, -0.2) is 0 Å². The fourth-order valence-electron chi connectivity index (χ4n) is 4.75. The Morgan fingerprint density at radius 3 is 2.54 bits per heavy atom. The van der Waals surface area contributed by atoms with Crippen LogP contribution in [0.4, 0.5) is 0 Å². The predicted molar refractivity (Wildman–Crippen MR) is 109 cm³/mol. The van der Waals surface area contributed by atoms with Crippen LogP contribution >= 0.6 is 27.5 Å². The second-order valence-electron chi connectivity index (χ2n) is 7.33. The Kier molecular flexibility index (Phi) is 4.07. The van der Waals surface area contributed by atoms with Crippen LogP contribution in [0.15, 0.2) is 71.3 Å². The van der Waals surface area contributed by atoms with Gasteiger partial charge in [-0.1, -0.05) is 70.0 Å². The third-order valence-electron chi connectivity index (χ3n) is 5.92. The zero-order valence-electron chi connectivity index (χ0n) is 14.7. The van der Waals surface area contributed by atoms with E-state index in [4.69, 9.17) is 16.3 Å². The number of hydrogen-bond donors (Lipinski definition) is 2. The quantitative estimate of drug-likeness (QED) is 0.593. The molecule has 1 fully saturated rings. The lowest BCUT2D eigenvalue weighted by Gasteiger charge is -2.40. The van der Waals surface area contributed by atoms with Gasteiger partial charge in [0.15, 0.2) is 11.2 Å². The van der Waals surface area contributed by atoms with E-state index in [0.29, 0.717) is 22.9 Å². The van der Waals surface area contributed by atoms with Crippen LogP contribution < -0.4 is 4.74 Å². The van der Waals surface area contributed by atoms with Gasteiger partial charge in [0.05, 0.1) is 11.1 Å². The molecule has 1 aliphatic heterocycles. The molecule has 0 saturated heterocycles. The number of nitrogens with zero attached hydrogens (tertiary/aromatic N) is 1. The highest BCUT2D eigenvalue weighted by molar-refractivity contribution is 9.10. The van der Waals surface area contributed by atoms with Gasteiger partial charge in [-0.3, -0.25) is 4.98 Å². The van der Waals surface area contributed by atoms with Crippen LogP contribution in [0.25, 0.3) is 0 Å². The Bertz CT molecular complexity index is 1050. The van der Waals surface area contributed by atoms with Crippen molar-refractivity contribution in [1.29, 1.82) is 0 Å². The summed E-state index contributed by atoms with van der Waals surface area (Å²) in [7, 11) is 0. The molecule has 3 aromatic rings. The van der Waals surface area contributed by atoms with Crippen LogP contribution in [0.1, 0.15) is 29.2 Å². The first-order chi connectivity index (χ1) is 13.5. The number of aliphatic hydroxyl groups is 2. The molecule has 6 heteroatoms. The Labute approximate surface area is 175 Å². The van der Waals surface area contributed by atoms with Gasteiger partial charge >= 0.3 is 0 Å². The molecule has 1 saturated carbocycles. The van der Waals surface area contributed by atoms with Crippen molar-refractivity contribution < 1.29 is 14.9 Å². The van der Waals surface area contributed by atoms with Crippen molar-refractivity contribution in [3.8, 4) is 5.75 Å². The highest BCUT2D eigenvalue weighted by Gasteiger charge is 2.73. The molecule has 2 aliphatic rings. The van der Waals surface area contributed by atoms with Gasteiger partial charge < -0.3 is 14.9 Å². The molecular formula is C22H17BrClNO3. The van der Waals surface area contributed by atoms with Crippen LogP contribution in [0.5, 0.6) is 5.75 Å². The number of rotatable bonds is 2. The molecule has 2 N–H and O–H groups in total. The summed E-state index contributed by atoms with van der Waals surface area (Å²) in [6, 6.07) is 19.1. The molecule has 1 aromatic heterocycles. The van der Waals surface area contributed by atoms with Gasteiger partial charge in [0.25, 0.3) is 0 Å². The summed E-state index contributed by atoms with van der Waals surface area (Å²) in [5.41, 5.74) is -0.821. The average Bonchev–Trinajstić information content (AvgIpc) is 3.09. The summed E-state index contributed by atoms with van der Waals surface area (Å²) < 4.78 is 7.41. The third kappa shape index (κ3) is 2.28. The monoisotopic (exact) mass is 457 g/mol. The first kappa shape index (κ1) is 18.1. The van der Waals surface area contributed by atoms with Crippen LogP contribution in [-0.4, -0.2) is 21.3 Å². The first-order valence-electron chi connectivity index (χ1n) is 9.03. The Balaban J connectivity index is 1.80. The predicted octanol–water partition coefficient (Wildman–Crippen LogP) is 4.52. The number of benzene rings is 2. The van der Waals surface area contributed by atoms with Crippen molar-refractivity contribution in [3.05, 3.63) is 93.2 Å². The van der Waals surface area contributed by atoms with E-state index in [0.717, 1.165) is 15.6 Å². The molecule has 0 spiro atoms. The zero-order chi connectivity index (χ0) is 19.5. The van der Waals surface area contributed by atoms with Crippen LogP contribution in [-0.2, 0) is 11.2 Å². The van der Waals surface area contributed by atoms with Crippen molar-refractivity contribution in [2.75, 3.05) is 0 Å². The molecule has 2 aromatic carbocycles. The van der Waals surface area contributed by atoms with Crippen LogP contribution in [0.3, 0.4) is 0 Å². The lowest BCUT2D eigenvalue weighted by atomic mass is 9.72. The molecule has 4 nitrogen and oxygen atoms in total. The van der Waals surface area contributed by atoms with Gasteiger partial charge in [0.1, 0.15) is 11.4 Å². The van der Waals surface area contributed by atoms with Crippen molar-refractivity contribution in [1.82, 2.24) is 4.98 Å². The van der Waals surface area contributed by atoms with E-state index in [1.807, 2.05) is 54.6 Å². The van der Waals surface area contributed by atoms with Gasteiger partial charge in [0, 0.05) is 22.7 Å². The second kappa shape index (κ2) is 6.29. The molecular weight excluding hydrogens is 442 g/mol. The lowest BCUT2D eigenvalue weighted by Crippen LogP contribution is -2.52. The fraction of sp³-hybridized carbons (Fsp3) is 0.227. The molecule has 0 radical (unpaired) electrons. The molecule has 28 heavy (non-hydrogen) atoms. The number of aliphatic hydroxyl groups excluding tert-OH is 1. The maximum Gasteiger partial charge on any atom is 0.180 e. The normalized spacial score (nSPS) is 30.6. The molecule has 0 amide bonds. The van der Waals surface area contributed by atoms with Gasteiger partial charge in [0.2, 0.25) is 0 Å². The van der Waals surface area contributed by atoms with Gasteiger partial charge in [-0.15, -0.1) is 0 Å². The Morgan fingerprint density at radius 1 is 1.11 bits per heavy atom. The van der Waals surface area contributed by atoms with Crippen LogP contribution in [0, 0.1) is 0 Å². The van der Waals surface area contributed by atoms with E-state index in [2.05, 4.69) is 20.9 Å². The van der Waals surface area contributed by atoms with E-state index >= 15 is 0 Å². The van der Waals surface area contributed by atoms with E-state index in [1.54, 1.807) is 6.07 Å². The minimum Gasteiger partial charge on any atom is -0.476 e. The molecule has 2 heterocycles. The summed E-state index contributed by atoms with van der Waals surface area (Å²) in [4.78, 5) is 4.36. The van der Waals surface area contributed by atoms with E-state index in [-0.39, 0.29) is 5.92 Å². The summed E-state index contributed by atoms with van der Waals surface area (Å²) in [6.07, 6.45) is 0.777. The average molecular weight is 459 g/mol. The summed E-state index contributed by atoms with van der Waals surface area (Å²) >= 11 is 9.60. The van der Waals surface area contributed by atoms with E-state index in [9.17, 15) is 10.2 Å². The van der Waals surface area contributed by atoms with E-state index in [1.165, 1.54) is 6.20 Å². The topological polar surface area (TPSA) is 62.6 Å². The molecule has 0 bridgehead atoms. The number of fused-ring (bicyclic) bond motifs is 3. The van der Waals surface area contributed by atoms with Crippen molar-refractivity contribution >= 4 is 27.5 Å². The Hall–Kier alpha value is -1.92. The summed E-state index contributed by atoms with van der Waals surface area (Å²) in [6.45, 7) is 0. The lowest BCUT2D eigenvalue weighted by molar-refractivity contribution is -0.151. The maximum atomic E-state index is 12.0. The fourth-order valence-corrected chi connectivity index (χ4v) is 5.16. The number of halogens is 2. The third-order valence-corrected chi connectivity index (χ3v) is 6.66. The van der Waals surface area contributed by atoms with Gasteiger partial charge in [-0.2, -0.15) is 0 Å². The highest BCUT2D eigenvalue weighted by atomic mass is 79.9. The zero-order valence-corrected chi connectivity index (χ0v) is 17.1. The largest absolute Gasteiger partial charge is 0.476 e. The minimum atomic E-state index is -1.69. The number of pyridine rings is 1. The first-order valence-corrected chi connectivity index (χ1v) is 10.2. The van der Waals surface area contributed by atoms with Crippen LogP contribution in [0.2, 0.25) is 5.02 Å². The summed E-state index contributed by atoms with van der Waals surface area (Å²) in [5.74, 6) is 0.125. The number of ether oxygens (including phenoxy) is 1. The molecule has 1 aliphatic carbocycles. The van der Waals surface area contributed by atoms with E-state index < -0.39 is 17.3 Å². The Morgan fingerprint density at radius 2 is 1.82 bits per heavy atom. The smallest absolute Gasteiger partial charge is 0.180 e. The number of aromatic nitrogens is 1. The second-order valence-corrected chi connectivity index (χ2v) is 8.68. The molecule has 1 unspecified atom stereocenters. The highest BCUT2D eigenvalue weighted by Crippen LogP contribution is 2.66. The maximum absolute atomic E-state index is 12.0. The van der Waals surface area contributed by atoms with Crippen molar-refractivity contribution in [3.63, 3.8) is 0 Å². The van der Waals surface area contributed by atoms with Gasteiger partial charge in [-0.05, 0) is 29.7 Å². The molecule has 4 atom stereocenters.